The highest BCUT2D eigenvalue weighted by Gasteiger charge is 2.27. The number of hydrogen-bond acceptors (Lipinski definition) is 5. The minimum absolute atomic E-state index is 0.0677. The van der Waals surface area contributed by atoms with E-state index >= 15 is 0 Å². The highest BCUT2D eigenvalue weighted by molar-refractivity contribution is 9.10. The summed E-state index contributed by atoms with van der Waals surface area (Å²) < 4.78 is 2.21. The van der Waals surface area contributed by atoms with Crippen LogP contribution in [0.5, 0.6) is 0 Å². The minimum atomic E-state index is -0.465. The van der Waals surface area contributed by atoms with Gasteiger partial charge in [-0.2, -0.15) is 5.10 Å². The van der Waals surface area contributed by atoms with Gasteiger partial charge >= 0.3 is 0 Å². The first kappa shape index (κ1) is 24.6. The van der Waals surface area contributed by atoms with E-state index in [0.29, 0.717) is 39.9 Å². The van der Waals surface area contributed by atoms with Gasteiger partial charge in [0.2, 0.25) is 0 Å². The van der Waals surface area contributed by atoms with Crippen molar-refractivity contribution < 1.29 is 14.5 Å². The number of likely N-dealkylation sites (tertiary alicyclic amines) is 1. The van der Waals surface area contributed by atoms with E-state index < -0.39 is 4.92 Å². The summed E-state index contributed by atoms with van der Waals surface area (Å²) in [5.41, 5.74) is 3.98. The molecule has 1 aliphatic heterocycles. The molecule has 4 aromatic rings. The number of fused-ring (bicyclic) bond motifs is 1. The van der Waals surface area contributed by atoms with Gasteiger partial charge in [0.15, 0.2) is 0 Å². The van der Waals surface area contributed by atoms with E-state index in [0.717, 1.165) is 23.9 Å². The summed E-state index contributed by atoms with van der Waals surface area (Å²) >= 11 is 3.33. The third-order valence-electron chi connectivity index (χ3n) is 6.82. The number of nitrogens with zero attached hydrogens (tertiary/aromatic N) is 4. The molecule has 0 aliphatic carbocycles. The van der Waals surface area contributed by atoms with Crippen LogP contribution >= 0.6 is 15.9 Å². The Morgan fingerprint density at radius 1 is 1.08 bits per heavy atom. The number of nitro benzene ring substituents is 1. The average Bonchev–Trinajstić information content (AvgIpc) is 3.35. The molecule has 188 valence electrons. The molecule has 10 heteroatoms. The number of halogens is 1. The van der Waals surface area contributed by atoms with Gasteiger partial charge < -0.3 is 10.2 Å². The second-order valence-corrected chi connectivity index (χ2v) is 9.98. The van der Waals surface area contributed by atoms with E-state index in [9.17, 15) is 19.7 Å². The van der Waals surface area contributed by atoms with E-state index in [2.05, 4.69) is 26.3 Å². The van der Waals surface area contributed by atoms with E-state index in [1.165, 1.54) is 6.07 Å². The number of rotatable bonds is 5. The van der Waals surface area contributed by atoms with Crippen LogP contribution < -0.4 is 5.32 Å². The number of carbonyl (C=O) groups is 2. The Balaban J connectivity index is 1.20. The Morgan fingerprint density at radius 2 is 1.81 bits per heavy atom. The van der Waals surface area contributed by atoms with Gasteiger partial charge in [-0.1, -0.05) is 28.1 Å². The van der Waals surface area contributed by atoms with Crippen molar-refractivity contribution in [1.29, 1.82) is 0 Å². The van der Waals surface area contributed by atoms with Gasteiger partial charge in [-0.25, -0.2) is 4.52 Å². The van der Waals surface area contributed by atoms with Crippen molar-refractivity contribution >= 4 is 44.6 Å². The van der Waals surface area contributed by atoms with Gasteiger partial charge in [-0.05, 0) is 67.6 Å². The van der Waals surface area contributed by atoms with Crippen LogP contribution in [0.15, 0.2) is 71.5 Å². The van der Waals surface area contributed by atoms with Gasteiger partial charge in [-0.3, -0.25) is 19.7 Å². The van der Waals surface area contributed by atoms with Crippen LogP contribution in [0.25, 0.3) is 5.52 Å². The summed E-state index contributed by atoms with van der Waals surface area (Å²) in [5, 5.41) is 18.5. The van der Waals surface area contributed by atoms with Crippen LogP contribution in [-0.2, 0) is 0 Å². The molecule has 0 unspecified atom stereocenters. The number of hydrogen-bond donors (Lipinski definition) is 1. The van der Waals surface area contributed by atoms with Crippen LogP contribution in [0.3, 0.4) is 0 Å². The molecule has 1 saturated heterocycles. The molecule has 1 fully saturated rings. The Kier molecular flexibility index (Phi) is 6.75. The molecule has 9 nitrogen and oxygen atoms in total. The van der Waals surface area contributed by atoms with Gasteiger partial charge in [-0.15, -0.1) is 0 Å². The Labute approximate surface area is 221 Å². The maximum Gasteiger partial charge on any atom is 0.274 e. The quantitative estimate of drug-likeness (QED) is 0.252. The Morgan fingerprint density at radius 3 is 2.49 bits per heavy atom. The van der Waals surface area contributed by atoms with Crippen LogP contribution in [0, 0.1) is 17.0 Å². The molecule has 0 bridgehead atoms. The minimum Gasteiger partial charge on any atom is -0.339 e. The number of piperidine rings is 1. The third kappa shape index (κ3) is 5.10. The second-order valence-electron chi connectivity index (χ2n) is 9.12. The molecule has 37 heavy (non-hydrogen) atoms. The summed E-state index contributed by atoms with van der Waals surface area (Å²) in [4.78, 5) is 38.3. The molecule has 1 aliphatic rings. The number of aromatic nitrogens is 2. The lowest BCUT2D eigenvalue weighted by atomic mass is 9.89. The largest absolute Gasteiger partial charge is 0.339 e. The van der Waals surface area contributed by atoms with E-state index in [4.69, 9.17) is 0 Å². The van der Waals surface area contributed by atoms with Crippen molar-refractivity contribution in [2.75, 3.05) is 18.4 Å². The maximum atomic E-state index is 13.0. The Bertz CT molecular complexity index is 1470. The fourth-order valence-corrected chi connectivity index (χ4v) is 5.14. The van der Waals surface area contributed by atoms with Crippen molar-refractivity contribution in [1.82, 2.24) is 14.5 Å². The normalized spacial score (nSPS) is 14.1. The fraction of sp³-hybridized carbons (Fsp3) is 0.222. The smallest absolute Gasteiger partial charge is 0.274 e. The lowest BCUT2D eigenvalue weighted by molar-refractivity contribution is -0.385. The number of nitro groups is 1. The molecule has 2 aromatic carbocycles. The van der Waals surface area contributed by atoms with Crippen molar-refractivity contribution in [3.8, 4) is 0 Å². The van der Waals surface area contributed by atoms with Gasteiger partial charge in [0.05, 0.1) is 16.0 Å². The predicted octanol–water partition coefficient (Wildman–Crippen LogP) is 5.59. The molecule has 2 aromatic heterocycles. The standard InChI is InChI=1S/C27H24BrN5O4/c1-17-24(28)14-20(15-25(17)33(36)37)27(35)31-11-8-19(9-12-31)18-4-6-22(7-5-18)30-26(34)21-13-23-3-2-10-29-32(23)16-21/h2-7,10,13-16,19H,8-9,11-12H2,1H3,(H,30,34). The fourth-order valence-electron chi connectivity index (χ4n) is 4.69. The highest BCUT2D eigenvalue weighted by Crippen LogP contribution is 2.32. The van der Waals surface area contributed by atoms with E-state index in [1.54, 1.807) is 40.9 Å². The molecule has 0 radical (unpaired) electrons. The van der Waals surface area contributed by atoms with Crippen LogP contribution in [0.4, 0.5) is 11.4 Å². The maximum absolute atomic E-state index is 13.0. The Hall–Kier alpha value is -4.05. The topological polar surface area (TPSA) is 110 Å². The average molecular weight is 562 g/mol. The first-order valence-corrected chi connectivity index (χ1v) is 12.7. The predicted molar refractivity (Wildman–Crippen MR) is 143 cm³/mol. The van der Waals surface area contributed by atoms with Crippen LogP contribution in [0.2, 0.25) is 0 Å². The zero-order valence-corrected chi connectivity index (χ0v) is 21.6. The zero-order valence-electron chi connectivity index (χ0n) is 20.1. The number of anilines is 1. The lowest BCUT2D eigenvalue weighted by Gasteiger charge is -2.32. The second kappa shape index (κ2) is 10.1. The van der Waals surface area contributed by atoms with E-state index in [1.807, 2.05) is 36.4 Å². The number of amides is 2. The summed E-state index contributed by atoms with van der Waals surface area (Å²) in [6.07, 6.45) is 4.94. The van der Waals surface area contributed by atoms with Gasteiger partial charge in [0.25, 0.3) is 17.5 Å². The molecule has 0 atom stereocenters. The molecule has 2 amide bonds. The summed E-state index contributed by atoms with van der Waals surface area (Å²) in [5.74, 6) is -0.113. The van der Waals surface area contributed by atoms with Crippen LogP contribution in [-0.4, -0.2) is 44.3 Å². The van der Waals surface area contributed by atoms with Crippen LogP contribution in [0.1, 0.15) is 50.6 Å². The molecule has 0 spiro atoms. The molecule has 5 rings (SSSR count). The van der Waals surface area contributed by atoms with E-state index in [-0.39, 0.29) is 23.4 Å². The first-order valence-electron chi connectivity index (χ1n) is 11.9. The van der Waals surface area contributed by atoms with Crippen molar-refractivity contribution in [2.24, 2.45) is 0 Å². The summed E-state index contributed by atoms with van der Waals surface area (Å²) in [6.45, 7) is 2.79. The van der Waals surface area contributed by atoms with Gasteiger partial charge in [0.1, 0.15) is 0 Å². The molecule has 1 N–H and O–H groups in total. The van der Waals surface area contributed by atoms with Crippen molar-refractivity contribution in [3.05, 3.63) is 104 Å². The number of nitrogens with one attached hydrogen (secondary N) is 1. The monoisotopic (exact) mass is 561 g/mol. The number of benzene rings is 2. The summed E-state index contributed by atoms with van der Waals surface area (Å²) in [6, 6.07) is 16.3. The summed E-state index contributed by atoms with van der Waals surface area (Å²) in [7, 11) is 0. The van der Waals surface area contributed by atoms with Crippen molar-refractivity contribution in [3.63, 3.8) is 0 Å². The molecular weight excluding hydrogens is 538 g/mol. The first-order chi connectivity index (χ1) is 17.8. The lowest BCUT2D eigenvalue weighted by Crippen LogP contribution is -2.38. The third-order valence-corrected chi connectivity index (χ3v) is 7.64. The SMILES string of the molecule is Cc1c(Br)cc(C(=O)N2CCC(c3ccc(NC(=O)c4cc5cccnn5c4)cc3)CC2)cc1[N+](=O)[O-]. The highest BCUT2D eigenvalue weighted by atomic mass is 79.9. The zero-order chi connectivity index (χ0) is 26.1. The van der Waals surface area contributed by atoms with Crippen molar-refractivity contribution in [2.45, 2.75) is 25.7 Å². The molecule has 3 heterocycles. The molecule has 0 saturated carbocycles. The molecular formula is C27H24BrN5O4. The number of carbonyl (C=O) groups excluding carboxylic acids is 2. The van der Waals surface area contributed by atoms with Gasteiger partial charge in [0, 0.05) is 52.8 Å².